The monoisotopic (exact) mass is 348 g/mol. The minimum atomic E-state index is -0.823. The van der Waals surface area contributed by atoms with Crippen molar-refractivity contribution >= 4 is 17.3 Å². The van der Waals surface area contributed by atoms with Gasteiger partial charge in [0.05, 0.1) is 5.56 Å². The van der Waals surface area contributed by atoms with Gasteiger partial charge in [0.1, 0.15) is 29.3 Å². The van der Waals surface area contributed by atoms with Gasteiger partial charge in [-0.05, 0) is 47.9 Å². The maximum absolute atomic E-state index is 14.2. The maximum atomic E-state index is 14.2. The first-order valence-electron chi connectivity index (χ1n) is 8.15. The predicted molar refractivity (Wildman–Crippen MR) is 96.2 cm³/mol. The van der Waals surface area contributed by atoms with Crippen molar-refractivity contribution in [2.45, 2.75) is 6.42 Å². The minimum Gasteiger partial charge on any atom is -0.456 e. The molecule has 1 heterocycles. The SMILES string of the molecule is O=Cc1cc(F)c(-c2cc3cc(Cc4ccccc4)ccc3o2)c(F)c1. The van der Waals surface area contributed by atoms with E-state index in [2.05, 4.69) is 0 Å². The zero-order chi connectivity index (χ0) is 18.1. The molecule has 128 valence electrons. The normalized spacial score (nSPS) is 11.0. The summed E-state index contributed by atoms with van der Waals surface area (Å²) in [7, 11) is 0. The molecule has 0 fully saturated rings. The Bertz CT molecular complexity index is 1070. The Morgan fingerprint density at radius 3 is 2.27 bits per heavy atom. The molecule has 0 aliphatic rings. The summed E-state index contributed by atoms with van der Waals surface area (Å²) in [5, 5.41) is 0.770. The van der Waals surface area contributed by atoms with Crippen LogP contribution in [-0.2, 0) is 6.42 Å². The maximum Gasteiger partial charge on any atom is 0.150 e. The van der Waals surface area contributed by atoms with E-state index in [4.69, 9.17) is 4.42 Å². The number of carbonyl (C=O) groups is 1. The lowest BCUT2D eigenvalue weighted by Crippen LogP contribution is -1.92. The molecule has 26 heavy (non-hydrogen) atoms. The van der Waals surface area contributed by atoms with Crippen molar-refractivity contribution < 1.29 is 18.0 Å². The van der Waals surface area contributed by atoms with Crippen LogP contribution in [0.5, 0.6) is 0 Å². The van der Waals surface area contributed by atoms with Gasteiger partial charge in [-0.2, -0.15) is 0 Å². The summed E-state index contributed by atoms with van der Waals surface area (Å²) in [6.07, 6.45) is 1.17. The molecule has 1 aromatic heterocycles. The Balaban J connectivity index is 1.74. The van der Waals surface area contributed by atoms with E-state index in [-0.39, 0.29) is 16.9 Å². The van der Waals surface area contributed by atoms with E-state index in [1.807, 2.05) is 42.5 Å². The Morgan fingerprint density at radius 1 is 0.846 bits per heavy atom. The summed E-state index contributed by atoms with van der Waals surface area (Å²) < 4.78 is 34.1. The zero-order valence-corrected chi connectivity index (χ0v) is 13.7. The summed E-state index contributed by atoms with van der Waals surface area (Å²) in [6, 6.07) is 19.3. The Kier molecular flexibility index (Phi) is 4.09. The van der Waals surface area contributed by atoms with Crippen molar-refractivity contribution in [3.05, 3.63) is 95.1 Å². The molecule has 4 aromatic rings. The molecule has 0 N–H and O–H groups in total. The molecule has 3 aromatic carbocycles. The second-order valence-electron chi connectivity index (χ2n) is 6.12. The number of carbonyl (C=O) groups excluding carboxylic acids is 1. The number of furan rings is 1. The number of benzene rings is 3. The van der Waals surface area contributed by atoms with Gasteiger partial charge in [-0.15, -0.1) is 0 Å². The standard InChI is InChI=1S/C22H14F2O2/c23-18-10-16(13-25)11-19(24)22(18)21-12-17-9-15(6-7-20(17)26-21)8-14-4-2-1-3-5-14/h1-7,9-13H,8H2. The summed E-state index contributed by atoms with van der Waals surface area (Å²) in [6.45, 7) is 0. The molecule has 2 nitrogen and oxygen atoms in total. The van der Waals surface area contributed by atoms with Crippen LogP contribution in [0.4, 0.5) is 8.78 Å². The Morgan fingerprint density at radius 2 is 1.58 bits per heavy atom. The molecule has 0 unspecified atom stereocenters. The highest BCUT2D eigenvalue weighted by Crippen LogP contribution is 2.32. The van der Waals surface area contributed by atoms with Crippen molar-refractivity contribution in [3.8, 4) is 11.3 Å². The van der Waals surface area contributed by atoms with E-state index in [0.717, 1.165) is 29.5 Å². The van der Waals surface area contributed by atoms with Crippen LogP contribution in [0.3, 0.4) is 0 Å². The number of aldehydes is 1. The third-order valence-corrected chi connectivity index (χ3v) is 4.28. The molecule has 0 amide bonds. The molecule has 0 aliphatic heterocycles. The lowest BCUT2D eigenvalue weighted by molar-refractivity contribution is 0.112. The Hall–Kier alpha value is -3.27. The van der Waals surface area contributed by atoms with E-state index in [0.29, 0.717) is 11.9 Å². The molecule has 0 aliphatic carbocycles. The molecule has 0 bridgehead atoms. The lowest BCUT2D eigenvalue weighted by atomic mass is 10.0. The number of fused-ring (bicyclic) bond motifs is 1. The summed E-state index contributed by atoms with van der Waals surface area (Å²) in [5.41, 5.74) is 2.49. The predicted octanol–water partition coefficient (Wildman–Crippen LogP) is 5.78. The van der Waals surface area contributed by atoms with Gasteiger partial charge in [0.25, 0.3) is 0 Å². The van der Waals surface area contributed by atoms with Crippen LogP contribution in [0, 0.1) is 11.6 Å². The van der Waals surface area contributed by atoms with Gasteiger partial charge >= 0.3 is 0 Å². The first kappa shape index (κ1) is 16.2. The third-order valence-electron chi connectivity index (χ3n) is 4.28. The Labute approximate surface area is 148 Å². The van der Waals surface area contributed by atoms with Crippen molar-refractivity contribution in [1.82, 2.24) is 0 Å². The van der Waals surface area contributed by atoms with Crippen molar-refractivity contribution in [1.29, 1.82) is 0 Å². The van der Waals surface area contributed by atoms with Gasteiger partial charge < -0.3 is 4.42 Å². The molecule has 0 radical (unpaired) electrons. The van der Waals surface area contributed by atoms with Gasteiger partial charge in [0.2, 0.25) is 0 Å². The van der Waals surface area contributed by atoms with E-state index >= 15 is 0 Å². The number of hydrogen-bond donors (Lipinski definition) is 0. The minimum absolute atomic E-state index is 0.0509. The first-order chi connectivity index (χ1) is 12.6. The molecule has 0 atom stereocenters. The van der Waals surface area contributed by atoms with E-state index in [1.165, 1.54) is 5.56 Å². The summed E-state index contributed by atoms with van der Waals surface area (Å²) >= 11 is 0. The summed E-state index contributed by atoms with van der Waals surface area (Å²) in [4.78, 5) is 10.7. The van der Waals surface area contributed by atoms with Gasteiger partial charge in [-0.1, -0.05) is 36.4 Å². The van der Waals surface area contributed by atoms with Crippen LogP contribution < -0.4 is 0 Å². The van der Waals surface area contributed by atoms with Crippen LogP contribution in [0.15, 0.2) is 71.1 Å². The number of hydrogen-bond acceptors (Lipinski definition) is 2. The zero-order valence-electron chi connectivity index (χ0n) is 13.7. The van der Waals surface area contributed by atoms with Crippen molar-refractivity contribution in [3.63, 3.8) is 0 Å². The average molecular weight is 348 g/mol. The van der Waals surface area contributed by atoms with Gasteiger partial charge in [0.15, 0.2) is 0 Å². The molecule has 0 saturated heterocycles. The average Bonchev–Trinajstić information content (AvgIpc) is 3.04. The highest BCUT2D eigenvalue weighted by molar-refractivity contribution is 5.84. The van der Waals surface area contributed by atoms with Crippen LogP contribution in [0.25, 0.3) is 22.3 Å². The second kappa shape index (κ2) is 6.56. The van der Waals surface area contributed by atoms with E-state index in [9.17, 15) is 13.6 Å². The quantitative estimate of drug-likeness (QED) is 0.438. The second-order valence-corrected chi connectivity index (χ2v) is 6.12. The van der Waals surface area contributed by atoms with Crippen LogP contribution in [-0.4, -0.2) is 6.29 Å². The van der Waals surface area contributed by atoms with Gasteiger partial charge in [0, 0.05) is 10.9 Å². The summed E-state index contributed by atoms with van der Waals surface area (Å²) in [5.74, 6) is -1.55. The van der Waals surface area contributed by atoms with E-state index < -0.39 is 11.6 Å². The molecule has 0 spiro atoms. The van der Waals surface area contributed by atoms with Crippen LogP contribution in [0.1, 0.15) is 21.5 Å². The fourth-order valence-electron chi connectivity index (χ4n) is 3.05. The molecule has 4 rings (SSSR count). The highest BCUT2D eigenvalue weighted by Gasteiger charge is 2.17. The third kappa shape index (κ3) is 3.02. The molecule has 4 heteroatoms. The molecular weight excluding hydrogens is 334 g/mol. The van der Waals surface area contributed by atoms with Gasteiger partial charge in [-0.3, -0.25) is 4.79 Å². The molecule has 0 saturated carbocycles. The first-order valence-corrected chi connectivity index (χ1v) is 8.15. The van der Waals surface area contributed by atoms with Crippen molar-refractivity contribution in [2.75, 3.05) is 0 Å². The fraction of sp³-hybridized carbons (Fsp3) is 0.0455. The number of rotatable bonds is 4. The highest BCUT2D eigenvalue weighted by atomic mass is 19.1. The smallest absolute Gasteiger partial charge is 0.150 e. The largest absolute Gasteiger partial charge is 0.456 e. The fourth-order valence-corrected chi connectivity index (χ4v) is 3.05. The lowest BCUT2D eigenvalue weighted by Gasteiger charge is -2.02. The van der Waals surface area contributed by atoms with Gasteiger partial charge in [-0.25, -0.2) is 8.78 Å². The van der Waals surface area contributed by atoms with E-state index in [1.54, 1.807) is 12.1 Å². The van der Waals surface area contributed by atoms with Crippen LogP contribution in [0.2, 0.25) is 0 Å². The topological polar surface area (TPSA) is 30.2 Å². The van der Waals surface area contributed by atoms with Crippen molar-refractivity contribution in [2.24, 2.45) is 0 Å². The molecular formula is C22H14F2O2. The number of halogens is 2. The van der Waals surface area contributed by atoms with Crippen LogP contribution >= 0.6 is 0 Å².